The predicted octanol–water partition coefficient (Wildman–Crippen LogP) is 6.03. The van der Waals surface area contributed by atoms with Gasteiger partial charge in [0.15, 0.2) is 6.29 Å². The first-order valence-corrected chi connectivity index (χ1v) is 14.2. The van der Waals surface area contributed by atoms with Crippen molar-refractivity contribution in [3.8, 4) is 0 Å². The topological polar surface area (TPSA) is 18.5 Å². The van der Waals surface area contributed by atoms with E-state index in [9.17, 15) is 0 Å². The van der Waals surface area contributed by atoms with Gasteiger partial charge < -0.3 is 9.47 Å². The number of hydrogen-bond donors (Lipinski definition) is 0. The Bertz CT molecular complexity index is 601. The summed E-state index contributed by atoms with van der Waals surface area (Å²) >= 11 is 15.9. The van der Waals surface area contributed by atoms with Crippen molar-refractivity contribution in [2.75, 3.05) is 30.5 Å². The minimum Gasteiger partial charge on any atom is -0.349 e. The van der Waals surface area contributed by atoms with Crippen LogP contribution in [0.5, 0.6) is 0 Å². The van der Waals surface area contributed by atoms with E-state index in [1.807, 2.05) is 94.1 Å². The maximum absolute atomic E-state index is 5.70. The zero-order valence-electron chi connectivity index (χ0n) is 11.8. The number of hydrogen-bond acceptors (Lipinski definition) is 10. The molecule has 10 heteroatoms. The highest BCUT2D eigenvalue weighted by Gasteiger charge is 2.38. The molecular weight excluding hydrogens is 445 g/mol. The lowest BCUT2D eigenvalue weighted by Gasteiger charge is -2.25. The largest absolute Gasteiger partial charge is 0.349 e. The Morgan fingerprint density at radius 1 is 0.652 bits per heavy atom. The van der Waals surface area contributed by atoms with E-state index in [1.54, 1.807) is 0 Å². The molecule has 5 aliphatic rings. The Hall–Kier alpha value is 1.94. The van der Waals surface area contributed by atoms with E-state index in [0.717, 1.165) is 19.0 Å². The number of rotatable bonds is 1. The molecular formula is C13H12O2S8. The van der Waals surface area contributed by atoms with Gasteiger partial charge in [-0.05, 0) is 0 Å². The van der Waals surface area contributed by atoms with Gasteiger partial charge in [-0.15, -0.1) is 47.0 Å². The Morgan fingerprint density at radius 2 is 1.22 bits per heavy atom. The van der Waals surface area contributed by atoms with Crippen LogP contribution in [0.1, 0.15) is 0 Å². The highest BCUT2D eigenvalue weighted by atomic mass is 32.3. The lowest BCUT2D eigenvalue weighted by Crippen LogP contribution is -2.27. The van der Waals surface area contributed by atoms with Gasteiger partial charge in [0.1, 0.15) is 0 Å². The van der Waals surface area contributed by atoms with Crippen LogP contribution >= 0.6 is 94.1 Å². The summed E-state index contributed by atoms with van der Waals surface area (Å²) in [6.45, 7) is 1.49. The van der Waals surface area contributed by atoms with E-state index in [4.69, 9.17) is 9.47 Å². The molecule has 0 saturated carbocycles. The lowest BCUT2D eigenvalue weighted by molar-refractivity contribution is -0.0376. The Labute approximate surface area is 169 Å². The van der Waals surface area contributed by atoms with Crippen molar-refractivity contribution < 1.29 is 9.47 Å². The van der Waals surface area contributed by atoms with E-state index >= 15 is 0 Å². The molecule has 0 N–H and O–H groups in total. The average molecular weight is 457 g/mol. The van der Waals surface area contributed by atoms with Crippen LogP contribution < -0.4 is 0 Å². The summed E-state index contributed by atoms with van der Waals surface area (Å²) in [4.78, 5) is 0. The van der Waals surface area contributed by atoms with Crippen LogP contribution in [-0.2, 0) is 9.47 Å². The fourth-order valence-corrected chi connectivity index (χ4v) is 15.0. The summed E-state index contributed by atoms with van der Waals surface area (Å²) in [5.74, 6) is 3.60. The van der Waals surface area contributed by atoms with Crippen molar-refractivity contribution in [3.63, 3.8) is 0 Å². The molecule has 0 aromatic rings. The van der Waals surface area contributed by atoms with Crippen molar-refractivity contribution in [2.24, 2.45) is 0 Å². The second kappa shape index (κ2) is 7.52. The average Bonchev–Trinajstić information content (AvgIpc) is 3.31. The molecule has 0 aliphatic carbocycles. The molecule has 0 spiro atoms. The van der Waals surface area contributed by atoms with E-state index < -0.39 is 0 Å². The van der Waals surface area contributed by atoms with Gasteiger partial charge >= 0.3 is 0 Å². The van der Waals surface area contributed by atoms with Gasteiger partial charge in [-0.1, -0.05) is 47.0 Å². The van der Waals surface area contributed by atoms with Crippen LogP contribution in [-0.4, -0.2) is 42.0 Å². The van der Waals surface area contributed by atoms with Crippen LogP contribution in [0.4, 0.5) is 0 Å². The molecule has 124 valence electrons. The second-order valence-corrected chi connectivity index (χ2v) is 15.0. The summed E-state index contributed by atoms with van der Waals surface area (Å²) in [6.07, 6.45) is -0.0131. The molecule has 0 bridgehead atoms. The van der Waals surface area contributed by atoms with E-state index in [0.29, 0.717) is 5.25 Å². The molecule has 2 nitrogen and oxygen atoms in total. The summed E-state index contributed by atoms with van der Waals surface area (Å²) in [5, 5.41) is 0.431. The zero-order valence-corrected chi connectivity index (χ0v) is 18.3. The lowest BCUT2D eigenvalue weighted by atomic mass is 10.4. The number of ether oxygens (including phenoxy) is 2. The van der Waals surface area contributed by atoms with Crippen LogP contribution in [0.2, 0.25) is 0 Å². The number of thioether (sulfide) groups is 8. The van der Waals surface area contributed by atoms with Crippen molar-refractivity contribution in [3.05, 3.63) is 25.4 Å². The molecule has 5 heterocycles. The minimum absolute atomic E-state index is 0.0131. The molecule has 5 rings (SSSR count). The first kappa shape index (κ1) is 17.1. The highest BCUT2D eigenvalue weighted by molar-refractivity contribution is 8.45. The quantitative estimate of drug-likeness (QED) is 0.463. The van der Waals surface area contributed by atoms with Crippen LogP contribution in [0, 0.1) is 0 Å². The molecule has 0 aromatic heterocycles. The molecule has 1 unspecified atom stereocenters. The van der Waals surface area contributed by atoms with Gasteiger partial charge in [0.05, 0.1) is 43.9 Å². The van der Waals surface area contributed by atoms with E-state index in [1.165, 1.54) is 36.9 Å². The third kappa shape index (κ3) is 3.55. The van der Waals surface area contributed by atoms with Crippen LogP contribution in [0.15, 0.2) is 25.4 Å². The summed E-state index contributed by atoms with van der Waals surface area (Å²) in [5.41, 5.74) is 0. The Kier molecular flexibility index (Phi) is 5.58. The van der Waals surface area contributed by atoms with Crippen molar-refractivity contribution in [1.82, 2.24) is 0 Å². The van der Waals surface area contributed by atoms with Gasteiger partial charge in [0.25, 0.3) is 0 Å². The fourth-order valence-electron chi connectivity index (χ4n) is 2.37. The monoisotopic (exact) mass is 456 g/mol. The van der Waals surface area contributed by atoms with Gasteiger partial charge in [-0.3, -0.25) is 0 Å². The standard InChI is InChI=1S/C13H12O2S8/c1-2-15-7(14-1)6-5-18-10-11(19-6)23-13(22-10)12-20-8-9(21-12)17-4-3-16-8/h6-7H,1-5H2. The third-order valence-corrected chi connectivity index (χ3v) is 15.7. The molecule has 0 aromatic carbocycles. The molecule has 23 heavy (non-hydrogen) atoms. The van der Waals surface area contributed by atoms with Crippen molar-refractivity contribution >= 4 is 94.1 Å². The Morgan fingerprint density at radius 3 is 1.87 bits per heavy atom. The first-order chi connectivity index (χ1) is 11.4. The maximum Gasteiger partial charge on any atom is 0.170 e. The second-order valence-electron chi connectivity index (χ2n) is 4.91. The molecule has 5 aliphatic heterocycles. The van der Waals surface area contributed by atoms with E-state index in [-0.39, 0.29) is 6.29 Å². The third-order valence-electron chi connectivity index (χ3n) is 3.38. The summed E-state index contributed by atoms with van der Waals surface area (Å²) in [6, 6.07) is 0. The van der Waals surface area contributed by atoms with Gasteiger partial charge in [-0.25, -0.2) is 0 Å². The van der Waals surface area contributed by atoms with Crippen molar-refractivity contribution in [2.45, 2.75) is 11.5 Å². The smallest absolute Gasteiger partial charge is 0.170 e. The maximum atomic E-state index is 5.70. The Balaban J connectivity index is 1.28. The van der Waals surface area contributed by atoms with Crippen molar-refractivity contribution in [1.29, 1.82) is 0 Å². The zero-order chi connectivity index (χ0) is 15.2. The van der Waals surface area contributed by atoms with Gasteiger partial charge in [0.2, 0.25) is 0 Å². The molecule has 0 radical (unpaired) electrons. The van der Waals surface area contributed by atoms with Crippen LogP contribution in [0.3, 0.4) is 0 Å². The molecule has 1 atom stereocenters. The predicted molar refractivity (Wildman–Crippen MR) is 116 cm³/mol. The molecule has 0 amide bonds. The molecule has 1 fully saturated rings. The van der Waals surface area contributed by atoms with Gasteiger partial charge in [-0.2, -0.15) is 0 Å². The van der Waals surface area contributed by atoms with Crippen LogP contribution in [0.25, 0.3) is 0 Å². The summed E-state index contributed by atoms with van der Waals surface area (Å²) < 4.78 is 20.4. The highest BCUT2D eigenvalue weighted by Crippen LogP contribution is 2.68. The van der Waals surface area contributed by atoms with Gasteiger partial charge in [0, 0.05) is 17.3 Å². The fraction of sp³-hybridized carbons (Fsp3) is 0.538. The minimum atomic E-state index is -0.0131. The summed E-state index contributed by atoms with van der Waals surface area (Å²) in [7, 11) is 0. The molecule has 1 saturated heterocycles. The normalized spacial score (nSPS) is 32.1. The van der Waals surface area contributed by atoms with E-state index in [2.05, 4.69) is 0 Å². The first-order valence-electron chi connectivity index (χ1n) is 7.09. The SMILES string of the molecule is C1COC(C2CSC3=C(SC(=C4SC5=C(SCCS5)S4)S3)S2)O1.